The first-order valence-corrected chi connectivity index (χ1v) is 10.1. The monoisotopic (exact) mass is 446 g/mol. The second kappa shape index (κ2) is 11.0. The highest BCUT2D eigenvalue weighted by molar-refractivity contribution is 5.99. The van der Waals surface area contributed by atoms with E-state index >= 15 is 0 Å². The number of benzene rings is 1. The molecule has 4 amide bonds. The average molecular weight is 446 g/mol. The van der Waals surface area contributed by atoms with Crippen molar-refractivity contribution in [1.29, 1.82) is 0 Å². The number of hydrogen-bond acceptors (Lipinski definition) is 6. The summed E-state index contributed by atoms with van der Waals surface area (Å²) in [4.78, 5) is 72.0. The van der Waals surface area contributed by atoms with Crippen LogP contribution in [0.15, 0.2) is 24.3 Å². The first-order valence-electron chi connectivity index (χ1n) is 10.1. The third kappa shape index (κ3) is 6.62. The largest absolute Gasteiger partial charge is 0.481 e. The summed E-state index contributed by atoms with van der Waals surface area (Å²) in [5, 5.41) is 16.3. The van der Waals surface area contributed by atoms with E-state index in [1.54, 1.807) is 12.1 Å². The summed E-state index contributed by atoms with van der Waals surface area (Å²) < 4.78 is 0. The van der Waals surface area contributed by atoms with Crippen LogP contribution in [-0.4, -0.2) is 70.6 Å². The first kappa shape index (κ1) is 24.5. The fourth-order valence-electron chi connectivity index (χ4n) is 3.40. The van der Waals surface area contributed by atoms with E-state index in [9.17, 15) is 28.8 Å². The fourth-order valence-corrected chi connectivity index (χ4v) is 3.40. The Labute approximate surface area is 184 Å². The molecule has 1 aliphatic heterocycles. The van der Waals surface area contributed by atoms with Crippen LogP contribution in [0.2, 0.25) is 0 Å². The highest BCUT2D eigenvalue weighted by Gasteiger charge is 2.37. The van der Waals surface area contributed by atoms with Gasteiger partial charge in [-0.05, 0) is 44.0 Å². The van der Waals surface area contributed by atoms with E-state index in [1.165, 1.54) is 30.9 Å². The van der Waals surface area contributed by atoms with Crippen molar-refractivity contribution in [3.05, 3.63) is 29.8 Å². The molecule has 1 aromatic rings. The molecule has 0 aromatic heterocycles. The van der Waals surface area contributed by atoms with E-state index < -0.39 is 48.2 Å². The molecule has 0 aliphatic carbocycles. The third-order valence-corrected chi connectivity index (χ3v) is 4.91. The number of nitrogens with one attached hydrogen (secondary N) is 3. The molecule has 11 nitrogen and oxygen atoms in total. The Kier molecular flexibility index (Phi) is 8.45. The minimum Gasteiger partial charge on any atom is -0.481 e. The lowest BCUT2D eigenvalue weighted by molar-refractivity contribution is -0.141. The summed E-state index contributed by atoms with van der Waals surface area (Å²) in [6.07, 6.45) is 0.706. The van der Waals surface area contributed by atoms with Crippen LogP contribution in [0.5, 0.6) is 0 Å². The molecule has 4 N–H and O–H groups in total. The lowest BCUT2D eigenvalue weighted by Crippen LogP contribution is -2.54. The molecular formula is C21H26N4O7. The molecule has 0 bridgehead atoms. The van der Waals surface area contributed by atoms with Crippen molar-refractivity contribution in [3.8, 4) is 0 Å². The summed E-state index contributed by atoms with van der Waals surface area (Å²) in [5.41, 5.74) is 0.817. The molecule has 2 rings (SSSR count). The van der Waals surface area contributed by atoms with Gasteiger partial charge in [0.25, 0.3) is 5.91 Å². The van der Waals surface area contributed by atoms with Crippen LogP contribution in [0.3, 0.4) is 0 Å². The average Bonchev–Trinajstić information content (AvgIpc) is 3.22. The molecule has 1 aliphatic rings. The normalized spacial score (nSPS) is 17.1. The van der Waals surface area contributed by atoms with Crippen LogP contribution in [0.4, 0.5) is 5.69 Å². The third-order valence-electron chi connectivity index (χ3n) is 4.91. The lowest BCUT2D eigenvalue weighted by Gasteiger charge is -2.27. The van der Waals surface area contributed by atoms with Crippen molar-refractivity contribution in [2.45, 2.75) is 51.2 Å². The van der Waals surface area contributed by atoms with Crippen LogP contribution in [-0.2, 0) is 24.0 Å². The van der Waals surface area contributed by atoms with Crippen LogP contribution < -0.4 is 16.0 Å². The first-order chi connectivity index (χ1) is 15.1. The number of rotatable bonds is 9. The van der Waals surface area contributed by atoms with Crippen LogP contribution in [0.25, 0.3) is 0 Å². The molecule has 3 atom stereocenters. The van der Waals surface area contributed by atoms with E-state index in [2.05, 4.69) is 16.0 Å². The van der Waals surface area contributed by atoms with Gasteiger partial charge in [0.15, 0.2) is 0 Å². The minimum absolute atomic E-state index is 0.243. The molecule has 3 unspecified atom stereocenters. The number of nitrogens with zero attached hydrogens (tertiary/aromatic N) is 1. The number of amides is 4. The Hall–Kier alpha value is -3.76. The van der Waals surface area contributed by atoms with E-state index in [0.717, 1.165) is 0 Å². The molecule has 1 fully saturated rings. The number of carbonyl (C=O) groups excluding carboxylic acids is 5. The zero-order valence-corrected chi connectivity index (χ0v) is 17.8. The number of carboxylic acid groups (broad SMARTS) is 1. The number of aliphatic carboxylic acids is 1. The van der Waals surface area contributed by atoms with Crippen LogP contribution >= 0.6 is 0 Å². The predicted molar refractivity (Wildman–Crippen MR) is 113 cm³/mol. The van der Waals surface area contributed by atoms with Crippen molar-refractivity contribution in [1.82, 2.24) is 15.5 Å². The SMILES string of the molecule is CC(=O)Nc1ccc(C(=O)NC(C)C(=O)N2CCCC2C(=O)NC(C=O)CC(=O)O)cc1. The summed E-state index contributed by atoms with van der Waals surface area (Å²) in [6, 6.07) is 3.17. The fraction of sp³-hybridized carbons (Fsp3) is 0.429. The maximum Gasteiger partial charge on any atom is 0.305 e. The maximum absolute atomic E-state index is 12.9. The van der Waals surface area contributed by atoms with Gasteiger partial charge in [0.2, 0.25) is 17.7 Å². The van der Waals surface area contributed by atoms with E-state index in [0.29, 0.717) is 31.4 Å². The van der Waals surface area contributed by atoms with Gasteiger partial charge in [0.05, 0.1) is 12.5 Å². The Bertz CT molecular complexity index is 900. The van der Waals surface area contributed by atoms with Crippen molar-refractivity contribution >= 4 is 41.6 Å². The van der Waals surface area contributed by atoms with Gasteiger partial charge in [-0.1, -0.05) is 0 Å². The van der Waals surface area contributed by atoms with E-state index in [-0.39, 0.29) is 11.5 Å². The quantitative estimate of drug-likeness (QED) is 0.385. The predicted octanol–water partition coefficient (Wildman–Crippen LogP) is -0.0873. The van der Waals surface area contributed by atoms with Gasteiger partial charge in [-0.25, -0.2) is 0 Å². The van der Waals surface area contributed by atoms with Crippen LogP contribution in [0.1, 0.15) is 43.5 Å². The summed E-state index contributed by atoms with van der Waals surface area (Å²) >= 11 is 0. The lowest BCUT2D eigenvalue weighted by atomic mass is 10.1. The smallest absolute Gasteiger partial charge is 0.305 e. The molecule has 1 heterocycles. The molecular weight excluding hydrogens is 420 g/mol. The van der Waals surface area contributed by atoms with Gasteiger partial charge in [-0.3, -0.25) is 24.0 Å². The molecule has 1 saturated heterocycles. The Morgan fingerprint density at radius 3 is 2.38 bits per heavy atom. The highest BCUT2D eigenvalue weighted by atomic mass is 16.4. The van der Waals surface area contributed by atoms with Crippen molar-refractivity contribution < 1.29 is 33.9 Å². The van der Waals surface area contributed by atoms with Gasteiger partial charge in [0.1, 0.15) is 18.4 Å². The van der Waals surface area contributed by atoms with Gasteiger partial charge in [-0.15, -0.1) is 0 Å². The van der Waals surface area contributed by atoms with Gasteiger partial charge in [-0.2, -0.15) is 0 Å². The van der Waals surface area contributed by atoms with Crippen molar-refractivity contribution in [2.24, 2.45) is 0 Å². The summed E-state index contributed by atoms with van der Waals surface area (Å²) in [5.74, 6) is -3.05. The number of aldehydes is 1. The molecule has 0 spiro atoms. The van der Waals surface area contributed by atoms with Crippen molar-refractivity contribution in [3.63, 3.8) is 0 Å². The number of anilines is 1. The zero-order valence-electron chi connectivity index (χ0n) is 17.8. The molecule has 172 valence electrons. The van der Waals surface area contributed by atoms with Gasteiger partial charge in [0, 0.05) is 24.7 Å². The second-order valence-electron chi connectivity index (χ2n) is 7.49. The Balaban J connectivity index is 1.98. The Morgan fingerprint density at radius 1 is 1.16 bits per heavy atom. The highest BCUT2D eigenvalue weighted by Crippen LogP contribution is 2.19. The standard InChI is InChI=1S/C21H26N4O7/c1-12(22-19(30)14-5-7-15(8-6-14)23-13(2)27)21(32)25-9-3-4-17(25)20(31)24-16(11-26)10-18(28)29/h5-8,11-12,16-17H,3-4,9-10H2,1-2H3,(H,22,30)(H,23,27)(H,24,31)(H,28,29). The molecule has 11 heteroatoms. The van der Waals surface area contributed by atoms with Crippen molar-refractivity contribution in [2.75, 3.05) is 11.9 Å². The molecule has 0 saturated carbocycles. The van der Waals surface area contributed by atoms with E-state index in [4.69, 9.17) is 5.11 Å². The molecule has 32 heavy (non-hydrogen) atoms. The molecule has 0 radical (unpaired) electrons. The van der Waals surface area contributed by atoms with Gasteiger partial charge < -0.3 is 30.8 Å². The number of carboxylic acids is 1. The number of likely N-dealkylation sites (tertiary alicyclic amines) is 1. The Morgan fingerprint density at radius 2 is 1.81 bits per heavy atom. The summed E-state index contributed by atoms with van der Waals surface area (Å²) in [6.45, 7) is 3.16. The van der Waals surface area contributed by atoms with Gasteiger partial charge >= 0.3 is 5.97 Å². The zero-order chi connectivity index (χ0) is 23.8. The second-order valence-corrected chi connectivity index (χ2v) is 7.49. The van der Waals surface area contributed by atoms with Crippen LogP contribution in [0, 0.1) is 0 Å². The minimum atomic E-state index is -1.23. The molecule has 1 aromatic carbocycles. The number of carbonyl (C=O) groups is 6. The number of hydrogen-bond donors (Lipinski definition) is 4. The van der Waals surface area contributed by atoms with E-state index in [1.807, 2.05) is 0 Å². The summed E-state index contributed by atoms with van der Waals surface area (Å²) in [7, 11) is 0. The topological polar surface area (TPSA) is 162 Å². The maximum atomic E-state index is 12.9.